The van der Waals surface area contributed by atoms with Gasteiger partial charge in [-0.2, -0.15) is 5.10 Å². The molecule has 0 aromatic heterocycles. The minimum Gasteiger partial charge on any atom is -0.507 e. The summed E-state index contributed by atoms with van der Waals surface area (Å²) in [5, 5.41) is 14.6. The largest absolute Gasteiger partial charge is 0.507 e. The number of benzene rings is 2. The molecule has 2 aromatic carbocycles. The minimum atomic E-state index is -0.261. The second-order valence-corrected chi connectivity index (χ2v) is 7.13. The Bertz CT molecular complexity index is 789. The van der Waals surface area contributed by atoms with E-state index in [0.717, 1.165) is 31.2 Å². The molecule has 0 aliphatic heterocycles. The van der Waals surface area contributed by atoms with Gasteiger partial charge in [0.15, 0.2) is 0 Å². The zero-order valence-electron chi connectivity index (χ0n) is 17.4. The van der Waals surface area contributed by atoms with Crippen molar-refractivity contribution in [2.75, 3.05) is 0 Å². The summed E-state index contributed by atoms with van der Waals surface area (Å²) in [5.41, 5.74) is 5.91. The van der Waals surface area contributed by atoms with Crippen LogP contribution in [-0.2, 0) is 0 Å². The summed E-state index contributed by atoms with van der Waals surface area (Å²) < 4.78 is 0. The van der Waals surface area contributed by atoms with Crippen molar-refractivity contribution in [3.63, 3.8) is 0 Å². The summed E-state index contributed by atoms with van der Waals surface area (Å²) in [5.74, 6) is 0.823. The van der Waals surface area contributed by atoms with Crippen LogP contribution >= 0.6 is 0 Å². The van der Waals surface area contributed by atoms with Gasteiger partial charge in [-0.15, -0.1) is 0 Å². The van der Waals surface area contributed by atoms with Crippen molar-refractivity contribution < 1.29 is 9.90 Å². The number of phenolic OH excluding ortho intramolecular Hbond substituents is 1. The van der Waals surface area contributed by atoms with Crippen LogP contribution in [0.1, 0.15) is 92.3 Å². The van der Waals surface area contributed by atoms with E-state index in [1.807, 2.05) is 36.4 Å². The Morgan fingerprint density at radius 3 is 2.14 bits per heavy atom. The second kappa shape index (κ2) is 10.6. The summed E-state index contributed by atoms with van der Waals surface area (Å²) in [6.07, 6.45) is 5.61. The molecule has 4 heteroatoms. The number of hydrogen-bond donors (Lipinski definition) is 2. The number of hydrogen-bond acceptors (Lipinski definition) is 3. The number of hydrazone groups is 1. The Hall–Kier alpha value is -2.62. The van der Waals surface area contributed by atoms with Gasteiger partial charge in [0.25, 0.3) is 5.91 Å². The Labute approximate surface area is 168 Å². The molecule has 0 bridgehead atoms. The SMILES string of the molecule is CCC(CC)c1ccc(C(=O)N/N=C/c2cccc(C(CC)CC)c2O)cc1. The molecule has 0 radical (unpaired) electrons. The molecular weight excluding hydrogens is 348 g/mol. The van der Waals surface area contributed by atoms with Crippen LogP contribution in [0.4, 0.5) is 0 Å². The van der Waals surface area contributed by atoms with Crippen LogP contribution in [0.15, 0.2) is 47.6 Å². The number of carbonyl (C=O) groups excluding carboxylic acids is 1. The molecular formula is C24H32N2O2. The van der Waals surface area contributed by atoms with Crippen LogP contribution in [0, 0.1) is 0 Å². The highest BCUT2D eigenvalue weighted by molar-refractivity contribution is 5.95. The molecule has 0 saturated heterocycles. The predicted octanol–water partition coefficient (Wildman–Crippen LogP) is 5.96. The summed E-state index contributed by atoms with van der Waals surface area (Å²) >= 11 is 0. The van der Waals surface area contributed by atoms with Crippen molar-refractivity contribution in [2.24, 2.45) is 5.10 Å². The van der Waals surface area contributed by atoms with Crippen molar-refractivity contribution in [1.29, 1.82) is 0 Å². The maximum absolute atomic E-state index is 12.3. The lowest BCUT2D eigenvalue weighted by Crippen LogP contribution is -2.17. The smallest absolute Gasteiger partial charge is 0.271 e. The van der Waals surface area contributed by atoms with Gasteiger partial charge in [0.1, 0.15) is 5.75 Å². The lowest BCUT2D eigenvalue weighted by molar-refractivity contribution is 0.0955. The van der Waals surface area contributed by atoms with E-state index in [1.165, 1.54) is 11.8 Å². The van der Waals surface area contributed by atoms with Crippen LogP contribution in [0.25, 0.3) is 0 Å². The van der Waals surface area contributed by atoms with Crippen molar-refractivity contribution in [1.82, 2.24) is 5.43 Å². The highest BCUT2D eigenvalue weighted by Crippen LogP contribution is 2.32. The molecule has 28 heavy (non-hydrogen) atoms. The number of nitrogens with zero attached hydrogens (tertiary/aromatic N) is 1. The first-order chi connectivity index (χ1) is 13.5. The van der Waals surface area contributed by atoms with Gasteiger partial charge < -0.3 is 5.11 Å². The number of aromatic hydroxyl groups is 1. The van der Waals surface area contributed by atoms with E-state index in [4.69, 9.17) is 0 Å². The van der Waals surface area contributed by atoms with Crippen LogP contribution in [0.3, 0.4) is 0 Å². The molecule has 2 aromatic rings. The van der Waals surface area contributed by atoms with E-state index < -0.39 is 0 Å². The molecule has 4 nitrogen and oxygen atoms in total. The van der Waals surface area contributed by atoms with Crippen molar-refractivity contribution >= 4 is 12.1 Å². The third-order valence-electron chi connectivity index (χ3n) is 5.52. The lowest BCUT2D eigenvalue weighted by Gasteiger charge is -2.15. The lowest BCUT2D eigenvalue weighted by atomic mass is 9.92. The Balaban J connectivity index is 2.06. The number of nitrogens with one attached hydrogen (secondary N) is 1. The van der Waals surface area contributed by atoms with E-state index in [1.54, 1.807) is 6.07 Å². The fraction of sp³-hybridized carbons (Fsp3) is 0.417. The van der Waals surface area contributed by atoms with Gasteiger partial charge in [0, 0.05) is 11.1 Å². The summed E-state index contributed by atoms with van der Waals surface area (Å²) in [7, 11) is 0. The fourth-order valence-electron chi connectivity index (χ4n) is 3.63. The zero-order valence-corrected chi connectivity index (χ0v) is 17.4. The molecule has 2 N–H and O–H groups in total. The standard InChI is InChI=1S/C24H32N2O2/c1-5-17(6-2)19-12-14-20(15-13-19)24(28)26-25-16-21-10-9-11-22(23(21)27)18(7-3)8-4/h9-18,27H,5-8H2,1-4H3,(H,26,28)/b25-16+. The van der Waals surface area contributed by atoms with E-state index in [9.17, 15) is 9.90 Å². The van der Waals surface area contributed by atoms with Crippen LogP contribution in [0.2, 0.25) is 0 Å². The maximum atomic E-state index is 12.3. The minimum absolute atomic E-state index is 0.240. The molecule has 2 rings (SSSR count). The van der Waals surface area contributed by atoms with Gasteiger partial charge >= 0.3 is 0 Å². The highest BCUT2D eigenvalue weighted by Gasteiger charge is 2.14. The highest BCUT2D eigenvalue weighted by atomic mass is 16.3. The number of carbonyl (C=O) groups is 1. The average Bonchev–Trinajstić information content (AvgIpc) is 2.72. The number of rotatable bonds is 9. The first kappa shape index (κ1) is 21.7. The van der Waals surface area contributed by atoms with E-state index in [-0.39, 0.29) is 11.7 Å². The number of para-hydroxylation sites is 1. The fourth-order valence-corrected chi connectivity index (χ4v) is 3.63. The van der Waals surface area contributed by atoms with Gasteiger partial charge in [0.2, 0.25) is 0 Å². The van der Waals surface area contributed by atoms with E-state index in [0.29, 0.717) is 23.0 Å². The van der Waals surface area contributed by atoms with Gasteiger partial charge in [-0.1, -0.05) is 52.0 Å². The third-order valence-corrected chi connectivity index (χ3v) is 5.52. The molecule has 0 unspecified atom stereocenters. The van der Waals surface area contributed by atoms with Crippen molar-refractivity contribution in [2.45, 2.75) is 65.2 Å². The summed E-state index contributed by atoms with van der Waals surface area (Å²) in [6.45, 7) is 8.58. The van der Waals surface area contributed by atoms with E-state index >= 15 is 0 Å². The average molecular weight is 381 g/mol. The normalized spacial score (nSPS) is 11.5. The van der Waals surface area contributed by atoms with Gasteiger partial charge in [-0.25, -0.2) is 5.43 Å². The first-order valence-corrected chi connectivity index (χ1v) is 10.3. The molecule has 1 amide bonds. The maximum Gasteiger partial charge on any atom is 0.271 e. The molecule has 0 spiro atoms. The van der Waals surface area contributed by atoms with Gasteiger partial charge in [0.05, 0.1) is 6.21 Å². The number of phenols is 1. The monoisotopic (exact) mass is 380 g/mol. The van der Waals surface area contributed by atoms with Gasteiger partial charge in [-0.05, 0) is 66.8 Å². The van der Waals surface area contributed by atoms with Crippen molar-refractivity contribution in [3.05, 3.63) is 64.7 Å². The Morgan fingerprint density at radius 2 is 1.57 bits per heavy atom. The third kappa shape index (κ3) is 5.22. The quantitative estimate of drug-likeness (QED) is 0.416. The predicted molar refractivity (Wildman–Crippen MR) is 116 cm³/mol. The summed E-state index contributed by atoms with van der Waals surface area (Å²) in [6, 6.07) is 13.4. The Morgan fingerprint density at radius 1 is 0.964 bits per heavy atom. The molecule has 0 fully saturated rings. The molecule has 0 aliphatic rings. The molecule has 0 saturated carbocycles. The van der Waals surface area contributed by atoms with Crippen molar-refractivity contribution in [3.8, 4) is 5.75 Å². The second-order valence-electron chi connectivity index (χ2n) is 7.13. The topological polar surface area (TPSA) is 61.7 Å². The molecule has 150 valence electrons. The first-order valence-electron chi connectivity index (χ1n) is 10.3. The molecule has 0 atom stereocenters. The zero-order chi connectivity index (χ0) is 20.5. The van der Waals surface area contributed by atoms with Gasteiger partial charge in [-0.3, -0.25) is 4.79 Å². The van der Waals surface area contributed by atoms with Crippen LogP contribution in [0.5, 0.6) is 5.75 Å². The summed E-state index contributed by atoms with van der Waals surface area (Å²) in [4.78, 5) is 12.3. The van der Waals surface area contributed by atoms with Crippen LogP contribution in [-0.4, -0.2) is 17.2 Å². The molecule has 0 heterocycles. The number of amides is 1. The van der Waals surface area contributed by atoms with Crippen LogP contribution < -0.4 is 5.43 Å². The van der Waals surface area contributed by atoms with E-state index in [2.05, 4.69) is 38.2 Å². The Kier molecular flexibility index (Phi) is 8.24. The molecule has 0 aliphatic carbocycles.